The van der Waals surface area contributed by atoms with Gasteiger partial charge in [-0.2, -0.15) is 0 Å². The number of hydrogen-bond donors (Lipinski definition) is 2. The van der Waals surface area contributed by atoms with E-state index in [-0.39, 0.29) is 5.92 Å². The predicted octanol–water partition coefficient (Wildman–Crippen LogP) is 0.644. The molecule has 0 bridgehead atoms. The third-order valence-corrected chi connectivity index (χ3v) is 2.08. The number of allylic oxidation sites excluding steroid dienone is 1. The number of carboxylic acids is 1. The molecule has 0 saturated carbocycles. The molecule has 1 rings (SSSR count). The Morgan fingerprint density at radius 3 is 2.64 bits per heavy atom. The molecule has 0 aromatic rings. The van der Waals surface area contributed by atoms with Gasteiger partial charge in [0.05, 0.1) is 12.0 Å². The maximum absolute atomic E-state index is 10.6. The molecule has 1 aliphatic carbocycles. The molecule has 0 fully saturated rings. The second-order valence-electron chi connectivity index (χ2n) is 2.99. The van der Waals surface area contributed by atoms with E-state index in [9.17, 15) is 4.79 Å². The number of aliphatic hydroxyl groups excluding tert-OH is 1. The van der Waals surface area contributed by atoms with Crippen molar-refractivity contribution in [3.05, 3.63) is 12.2 Å². The first-order valence-corrected chi connectivity index (χ1v) is 3.70. The molecular weight excluding hydrogens is 144 g/mol. The zero-order chi connectivity index (χ0) is 8.43. The molecule has 0 heterocycles. The summed E-state index contributed by atoms with van der Waals surface area (Å²) in [6, 6.07) is 0. The number of carbonyl (C=O) groups is 1. The number of aliphatic carboxylic acids is 1. The van der Waals surface area contributed by atoms with Crippen LogP contribution in [0.1, 0.15) is 13.3 Å². The van der Waals surface area contributed by atoms with Gasteiger partial charge in [0.1, 0.15) is 0 Å². The summed E-state index contributed by atoms with van der Waals surface area (Å²) in [7, 11) is 0. The Kier molecular flexibility index (Phi) is 2.29. The highest BCUT2D eigenvalue weighted by Gasteiger charge is 2.27. The Balaban J connectivity index is 2.68. The second-order valence-corrected chi connectivity index (χ2v) is 2.99. The number of rotatable bonds is 1. The molecule has 0 radical (unpaired) electrons. The van der Waals surface area contributed by atoms with Gasteiger partial charge in [-0.3, -0.25) is 4.79 Å². The second kappa shape index (κ2) is 3.05. The summed E-state index contributed by atoms with van der Waals surface area (Å²) in [5.41, 5.74) is 0. The molecule has 0 aromatic heterocycles. The van der Waals surface area contributed by atoms with Crippen LogP contribution >= 0.6 is 0 Å². The Labute approximate surface area is 65.3 Å². The van der Waals surface area contributed by atoms with Gasteiger partial charge in [0.15, 0.2) is 0 Å². The summed E-state index contributed by atoms with van der Waals surface area (Å²) in [5, 5.41) is 17.8. The van der Waals surface area contributed by atoms with Crippen LogP contribution in [0.15, 0.2) is 12.2 Å². The molecule has 3 heteroatoms. The molecule has 0 aliphatic heterocycles. The van der Waals surface area contributed by atoms with Gasteiger partial charge in [0.2, 0.25) is 0 Å². The molecule has 62 valence electrons. The first kappa shape index (κ1) is 8.27. The lowest BCUT2D eigenvalue weighted by molar-refractivity contribution is -0.144. The third kappa shape index (κ3) is 1.80. The van der Waals surface area contributed by atoms with Gasteiger partial charge < -0.3 is 10.2 Å². The maximum Gasteiger partial charge on any atom is 0.307 e. The van der Waals surface area contributed by atoms with Crippen LogP contribution in [-0.2, 0) is 4.79 Å². The van der Waals surface area contributed by atoms with Gasteiger partial charge in [0.25, 0.3) is 0 Å². The fraction of sp³-hybridized carbons (Fsp3) is 0.625. The minimum Gasteiger partial charge on any atom is -0.481 e. The van der Waals surface area contributed by atoms with Crippen molar-refractivity contribution in [1.82, 2.24) is 0 Å². The summed E-state index contributed by atoms with van der Waals surface area (Å²) in [6.45, 7) is 1.85. The van der Waals surface area contributed by atoms with Crippen LogP contribution in [0.4, 0.5) is 0 Å². The van der Waals surface area contributed by atoms with Crippen LogP contribution in [0.25, 0.3) is 0 Å². The third-order valence-electron chi connectivity index (χ3n) is 2.08. The first-order valence-electron chi connectivity index (χ1n) is 3.70. The maximum atomic E-state index is 10.6. The molecule has 0 aromatic carbocycles. The zero-order valence-electron chi connectivity index (χ0n) is 6.40. The van der Waals surface area contributed by atoms with Crippen molar-refractivity contribution in [1.29, 1.82) is 0 Å². The predicted molar refractivity (Wildman–Crippen MR) is 40.1 cm³/mol. The van der Waals surface area contributed by atoms with Crippen molar-refractivity contribution in [3.8, 4) is 0 Å². The number of carboxylic acid groups (broad SMARTS) is 1. The van der Waals surface area contributed by atoms with Crippen LogP contribution < -0.4 is 0 Å². The molecular formula is C8H12O3. The van der Waals surface area contributed by atoms with Gasteiger partial charge in [-0.15, -0.1) is 0 Å². The minimum atomic E-state index is -0.819. The highest BCUT2D eigenvalue weighted by atomic mass is 16.4. The van der Waals surface area contributed by atoms with Gasteiger partial charge in [0, 0.05) is 0 Å². The zero-order valence-corrected chi connectivity index (χ0v) is 6.40. The highest BCUT2D eigenvalue weighted by Crippen LogP contribution is 2.24. The van der Waals surface area contributed by atoms with Crippen molar-refractivity contribution >= 4 is 5.97 Å². The molecule has 3 unspecified atom stereocenters. The van der Waals surface area contributed by atoms with Crippen molar-refractivity contribution in [2.24, 2.45) is 11.8 Å². The Bertz CT molecular complexity index is 186. The average molecular weight is 156 g/mol. The minimum absolute atomic E-state index is 0.0379. The summed E-state index contributed by atoms with van der Waals surface area (Å²) >= 11 is 0. The summed E-state index contributed by atoms with van der Waals surface area (Å²) in [5.74, 6) is -1.20. The summed E-state index contributed by atoms with van der Waals surface area (Å²) in [4.78, 5) is 10.6. The van der Waals surface area contributed by atoms with E-state index < -0.39 is 18.0 Å². The normalized spacial score (nSPS) is 37.1. The van der Waals surface area contributed by atoms with E-state index in [0.29, 0.717) is 6.42 Å². The molecule has 0 amide bonds. The molecule has 1 aliphatic rings. The van der Waals surface area contributed by atoms with Gasteiger partial charge in [-0.25, -0.2) is 0 Å². The number of hydrogen-bond acceptors (Lipinski definition) is 2. The van der Waals surface area contributed by atoms with E-state index in [2.05, 4.69) is 0 Å². The van der Waals surface area contributed by atoms with E-state index in [1.165, 1.54) is 0 Å². The molecule has 11 heavy (non-hydrogen) atoms. The molecule has 0 saturated heterocycles. The molecule has 3 nitrogen and oxygen atoms in total. The fourth-order valence-electron chi connectivity index (χ4n) is 1.32. The SMILES string of the molecule is CC1C=CC(O)CC1C(=O)O. The van der Waals surface area contributed by atoms with Gasteiger partial charge in [-0.1, -0.05) is 19.1 Å². The first-order chi connectivity index (χ1) is 5.11. The van der Waals surface area contributed by atoms with Crippen molar-refractivity contribution < 1.29 is 15.0 Å². The van der Waals surface area contributed by atoms with E-state index >= 15 is 0 Å². The smallest absolute Gasteiger partial charge is 0.307 e. The monoisotopic (exact) mass is 156 g/mol. The molecule has 3 atom stereocenters. The fourth-order valence-corrected chi connectivity index (χ4v) is 1.32. The highest BCUT2D eigenvalue weighted by molar-refractivity contribution is 5.71. The van der Waals surface area contributed by atoms with Crippen LogP contribution in [0.3, 0.4) is 0 Å². The van der Waals surface area contributed by atoms with Crippen LogP contribution in [-0.4, -0.2) is 22.3 Å². The van der Waals surface area contributed by atoms with Gasteiger partial charge in [-0.05, 0) is 12.3 Å². The van der Waals surface area contributed by atoms with Crippen molar-refractivity contribution in [3.63, 3.8) is 0 Å². The molecule has 2 N–H and O–H groups in total. The molecule has 0 spiro atoms. The number of aliphatic hydroxyl groups is 1. The topological polar surface area (TPSA) is 57.5 Å². The largest absolute Gasteiger partial charge is 0.481 e. The van der Waals surface area contributed by atoms with Crippen LogP contribution in [0.2, 0.25) is 0 Å². The Morgan fingerprint density at radius 1 is 1.55 bits per heavy atom. The van der Waals surface area contributed by atoms with Crippen molar-refractivity contribution in [2.45, 2.75) is 19.4 Å². The van der Waals surface area contributed by atoms with E-state index in [0.717, 1.165) is 0 Å². The lowest BCUT2D eigenvalue weighted by atomic mass is 9.84. The van der Waals surface area contributed by atoms with Gasteiger partial charge >= 0.3 is 5.97 Å². The summed E-state index contributed by atoms with van der Waals surface area (Å²) in [6.07, 6.45) is 3.18. The van der Waals surface area contributed by atoms with Crippen LogP contribution in [0, 0.1) is 11.8 Å². The Morgan fingerprint density at radius 2 is 2.18 bits per heavy atom. The lowest BCUT2D eigenvalue weighted by Gasteiger charge is -2.23. The van der Waals surface area contributed by atoms with E-state index in [1.54, 1.807) is 12.2 Å². The van der Waals surface area contributed by atoms with Crippen molar-refractivity contribution in [2.75, 3.05) is 0 Å². The standard InChI is InChI=1S/C8H12O3/c1-5-2-3-6(9)4-7(5)8(10)11/h2-3,5-7,9H,4H2,1H3,(H,10,11). The van der Waals surface area contributed by atoms with E-state index in [4.69, 9.17) is 10.2 Å². The van der Waals surface area contributed by atoms with E-state index in [1.807, 2.05) is 6.92 Å². The summed E-state index contributed by atoms with van der Waals surface area (Å²) < 4.78 is 0. The lowest BCUT2D eigenvalue weighted by Crippen LogP contribution is -2.28. The Hall–Kier alpha value is -0.830. The van der Waals surface area contributed by atoms with Crippen LogP contribution in [0.5, 0.6) is 0 Å². The average Bonchev–Trinajstić information content (AvgIpc) is 1.94. The quantitative estimate of drug-likeness (QED) is 0.548.